The lowest BCUT2D eigenvalue weighted by molar-refractivity contribution is -0.274. The Hall–Kier alpha value is -2.79. The van der Waals surface area contributed by atoms with Crippen molar-refractivity contribution in [1.29, 1.82) is 0 Å². The van der Waals surface area contributed by atoms with Crippen LogP contribution in [0.3, 0.4) is 0 Å². The molecular weight excluding hydrogens is 351 g/mol. The topological polar surface area (TPSA) is 21.3 Å². The molecule has 0 saturated carbocycles. The molecule has 0 radical (unpaired) electrons. The molecule has 0 aliphatic carbocycles. The van der Waals surface area contributed by atoms with Gasteiger partial charge in [-0.05, 0) is 28.8 Å². The van der Waals surface area contributed by atoms with E-state index in [0.29, 0.717) is 13.1 Å². The summed E-state index contributed by atoms with van der Waals surface area (Å²) in [6.45, 7) is 1.11. The van der Waals surface area contributed by atoms with Crippen LogP contribution in [0.5, 0.6) is 5.75 Å². The second-order valence-corrected chi connectivity index (χ2v) is 6.20. The van der Waals surface area contributed by atoms with Gasteiger partial charge in [-0.3, -0.25) is 0 Å². The molecule has 3 aromatic carbocycles. The van der Waals surface area contributed by atoms with Crippen LogP contribution in [0.15, 0.2) is 84.9 Å². The van der Waals surface area contributed by atoms with Crippen molar-refractivity contribution in [3.63, 3.8) is 0 Å². The largest absolute Gasteiger partial charge is 0.573 e. The lowest BCUT2D eigenvalue weighted by atomic mass is 9.91. The van der Waals surface area contributed by atoms with Crippen LogP contribution < -0.4 is 10.1 Å². The molecule has 0 unspecified atom stereocenters. The van der Waals surface area contributed by atoms with E-state index < -0.39 is 6.36 Å². The summed E-state index contributed by atoms with van der Waals surface area (Å²) in [7, 11) is 0. The lowest BCUT2D eigenvalue weighted by Gasteiger charge is -2.19. The zero-order chi connectivity index (χ0) is 19.1. The Bertz CT molecular complexity index is 795. The standard InChI is InChI=1S/C22H20F3NO/c23-22(24,25)27-20-13-7-8-17(14-20)15-26-16-21(18-9-3-1-4-10-18)19-11-5-2-6-12-19/h1-14,21,26H,15-16H2. The van der Waals surface area contributed by atoms with Crippen LogP contribution in [-0.4, -0.2) is 12.9 Å². The van der Waals surface area contributed by atoms with Crippen molar-refractivity contribution in [2.75, 3.05) is 6.54 Å². The molecule has 27 heavy (non-hydrogen) atoms. The zero-order valence-electron chi connectivity index (χ0n) is 14.6. The van der Waals surface area contributed by atoms with Crippen LogP contribution in [0, 0.1) is 0 Å². The SMILES string of the molecule is FC(F)(F)Oc1cccc(CNCC(c2ccccc2)c2ccccc2)c1. The summed E-state index contributed by atoms with van der Waals surface area (Å²) in [5, 5.41) is 3.35. The number of halogens is 3. The third-order valence-corrected chi connectivity index (χ3v) is 4.21. The summed E-state index contributed by atoms with van der Waals surface area (Å²) < 4.78 is 41.1. The number of rotatable bonds is 7. The maximum atomic E-state index is 12.4. The third-order valence-electron chi connectivity index (χ3n) is 4.21. The molecule has 0 amide bonds. The molecule has 2 nitrogen and oxygen atoms in total. The molecule has 3 rings (SSSR count). The number of benzene rings is 3. The van der Waals surface area contributed by atoms with E-state index >= 15 is 0 Å². The molecule has 5 heteroatoms. The molecular formula is C22H20F3NO. The molecule has 0 atom stereocenters. The van der Waals surface area contributed by atoms with Gasteiger partial charge in [0.05, 0.1) is 0 Å². The van der Waals surface area contributed by atoms with Crippen molar-refractivity contribution >= 4 is 0 Å². The Morgan fingerprint density at radius 2 is 1.37 bits per heavy atom. The summed E-state index contributed by atoms with van der Waals surface area (Å²) in [5.74, 6) is -0.0496. The van der Waals surface area contributed by atoms with Gasteiger partial charge in [0.25, 0.3) is 0 Å². The zero-order valence-corrected chi connectivity index (χ0v) is 14.6. The number of hydrogen-bond acceptors (Lipinski definition) is 2. The molecule has 1 N–H and O–H groups in total. The maximum absolute atomic E-state index is 12.4. The quantitative estimate of drug-likeness (QED) is 0.592. The van der Waals surface area contributed by atoms with Crippen LogP contribution in [0.1, 0.15) is 22.6 Å². The van der Waals surface area contributed by atoms with Gasteiger partial charge in [0.2, 0.25) is 0 Å². The van der Waals surface area contributed by atoms with Crippen molar-refractivity contribution in [3.8, 4) is 5.75 Å². The van der Waals surface area contributed by atoms with Crippen molar-refractivity contribution in [2.45, 2.75) is 18.8 Å². The van der Waals surface area contributed by atoms with Gasteiger partial charge in [0.1, 0.15) is 5.75 Å². The summed E-state index contributed by atoms with van der Waals surface area (Å²) in [6, 6.07) is 26.3. The minimum Gasteiger partial charge on any atom is -0.406 e. The first kappa shape index (κ1) is 19.0. The van der Waals surface area contributed by atoms with Crippen molar-refractivity contribution in [3.05, 3.63) is 102 Å². The monoisotopic (exact) mass is 371 g/mol. The molecule has 0 aromatic heterocycles. The summed E-state index contributed by atoms with van der Waals surface area (Å²) in [4.78, 5) is 0. The van der Waals surface area contributed by atoms with E-state index in [1.54, 1.807) is 12.1 Å². The average molecular weight is 371 g/mol. The van der Waals surface area contributed by atoms with Crippen molar-refractivity contribution in [1.82, 2.24) is 5.32 Å². The number of alkyl halides is 3. The van der Waals surface area contributed by atoms with E-state index in [2.05, 4.69) is 34.3 Å². The van der Waals surface area contributed by atoms with Gasteiger partial charge in [0, 0.05) is 19.0 Å². The molecule has 0 spiro atoms. The summed E-state index contributed by atoms with van der Waals surface area (Å²) in [5.41, 5.74) is 3.10. The van der Waals surface area contributed by atoms with Crippen molar-refractivity contribution < 1.29 is 17.9 Å². The van der Waals surface area contributed by atoms with Gasteiger partial charge < -0.3 is 10.1 Å². The Labute approximate surface area is 156 Å². The van der Waals surface area contributed by atoms with Crippen LogP contribution in [0.25, 0.3) is 0 Å². The number of hydrogen-bond donors (Lipinski definition) is 1. The van der Waals surface area contributed by atoms with Crippen LogP contribution in [0.4, 0.5) is 13.2 Å². The van der Waals surface area contributed by atoms with E-state index in [9.17, 15) is 13.2 Å². The number of ether oxygens (including phenoxy) is 1. The average Bonchev–Trinajstić information content (AvgIpc) is 2.66. The Balaban J connectivity index is 1.67. The van der Waals surface area contributed by atoms with E-state index in [1.165, 1.54) is 23.3 Å². The first-order valence-corrected chi connectivity index (χ1v) is 8.66. The fourth-order valence-electron chi connectivity index (χ4n) is 3.01. The summed E-state index contributed by atoms with van der Waals surface area (Å²) >= 11 is 0. The minimum absolute atomic E-state index is 0.155. The first-order valence-electron chi connectivity index (χ1n) is 8.66. The lowest BCUT2D eigenvalue weighted by Crippen LogP contribution is -2.22. The van der Waals surface area contributed by atoms with E-state index in [4.69, 9.17) is 0 Å². The van der Waals surface area contributed by atoms with Crippen LogP contribution in [0.2, 0.25) is 0 Å². The molecule has 0 aliphatic heterocycles. The van der Waals surface area contributed by atoms with Gasteiger partial charge in [-0.1, -0.05) is 72.8 Å². The molecule has 0 heterocycles. The second kappa shape index (κ2) is 8.73. The van der Waals surface area contributed by atoms with Gasteiger partial charge in [0.15, 0.2) is 0 Å². The number of nitrogens with one attached hydrogen (secondary N) is 1. The smallest absolute Gasteiger partial charge is 0.406 e. The molecule has 0 saturated heterocycles. The predicted molar refractivity (Wildman–Crippen MR) is 99.6 cm³/mol. The van der Waals surface area contributed by atoms with Gasteiger partial charge in [-0.15, -0.1) is 13.2 Å². The third kappa shape index (κ3) is 5.86. The fraction of sp³-hybridized carbons (Fsp3) is 0.182. The highest BCUT2D eigenvalue weighted by molar-refractivity contribution is 5.33. The highest BCUT2D eigenvalue weighted by Gasteiger charge is 2.31. The van der Waals surface area contributed by atoms with E-state index in [0.717, 1.165) is 5.56 Å². The van der Waals surface area contributed by atoms with Crippen LogP contribution in [-0.2, 0) is 6.54 Å². The van der Waals surface area contributed by atoms with Gasteiger partial charge in [-0.25, -0.2) is 0 Å². The molecule has 3 aromatic rings. The molecule has 0 aliphatic rings. The predicted octanol–water partition coefficient (Wildman–Crippen LogP) is 5.51. The maximum Gasteiger partial charge on any atom is 0.573 e. The van der Waals surface area contributed by atoms with Gasteiger partial charge in [-0.2, -0.15) is 0 Å². The Morgan fingerprint density at radius 1 is 0.778 bits per heavy atom. The highest BCUT2D eigenvalue weighted by atomic mass is 19.4. The van der Waals surface area contributed by atoms with E-state index in [1.807, 2.05) is 36.4 Å². The van der Waals surface area contributed by atoms with Gasteiger partial charge >= 0.3 is 6.36 Å². The summed E-state index contributed by atoms with van der Waals surface area (Å²) in [6.07, 6.45) is -4.68. The second-order valence-electron chi connectivity index (χ2n) is 6.20. The molecule has 140 valence electrons. The van der Waals surface area contributed by atoms with E-state index in [-0.39, 0.29) is 11.7 Å². The fourth-order valence-corrected chi connectivity index (χ4v) is 3.01. The Morgan fingerprint density at radius 3 is 1.93 bits per heavy atom. The van der Waals surface area contributed by atoms with Crippen LogP contribution >= 0.6 is 0 Å². The van der Waals surface area contributed by atoms with Crippen molar-refractivity contribution in [2.24, 2.45) is 0 Å². The molecule has 0 bridgehead atoms. The highest BCUT2D eigenvalue weighted by Crippen LogP contribution is 2.25. The Kier molecular flexibility index (Phi) is 6.14. The first-order chi connectivity index (χ1) is 13.0. The minimum atomic E-state index is -4.68. The normalized spacial score (nSPS) is 11.6. The molecule has 0 fully saturated rings.